The third-order valence-corrected chi connectivity index (χ3v) is 9.03. The number of hydrogen-bond acceptors (Lipinski definition) is 10. The second-order valence-electron chi connectivity index (χ2n) is 12.7. The van der Waals surface area contributed by atoms with Crippen molar-refractivity contribution in [3.63, 3.8) is 0 Å². The first kappa shape index (κ1) is 33.6. The Kier molecular flexibility index (Phi) is 11.1. The first-order valence-corrected chi connectivity index (χ1v) is 16.1. The number of rotatable bonds is 15. The Labute approximate surface area is 269 Å². The van der Waals surface area contributed by atoms with Gasteiger partial charge in [0.05, 0.1) is 38.7 Å². The molecule has 2 aliphatic heterocycles. The van der Waals surface area contributed by atoms with Gasteiger partial charge in [0.2, 0.25) is 17.6 Å². The Morgan fingerprint density at radius 3 is 2.26 bits per heavy atom. The van der Waals surface area contributed by atoms with E-state index in [0.29, 0.717) is 56.7 Å². The molecular formula is C33H45N5O8. The Hall–Kier alpha value is -3.81. The second-order valence-corrected chi connectivity index (χ2v) is 12.7. The summed E-state index contributed by atoms with van der Waals surface area (Å²) in [7, 11) is 1.57. The molecule has 1 saturated carbocycles. The molecule has 3 amide bonds. The van der Waals surface area contributed by atoms with E-state index < -0.39 is 41.4 Å². The van der Waals surface area contributed by atoms with Crippen LogP contribution in [0.25, 0.3) is 0 Å². The number of nitrogens with zero attached hydrogens (tertiary/aromatic N) is 2. The van der Waals surface area contributed by atoms with E-state index in [1.54, 1.807) is 33.1 Å². The van der Waals surface area contributed by atoms with Crippen molar-refractivity contribution in [2.24, 2.45) is 5.92 Å². The van der Waals surface area contributed by atoms with Crippen LogP contribution in [-0.4, -0.2) is 104 Å². The zero-order valence-electron chi connectivity index (χ0n) is 26.8. The quantitative estimate of drug-likeness (QED) is 0.244. The Morgan fingerprint density at radius 2 is 1.65 bits per heavy atom. The van der Waals surface area contributed by atoms with Crippen molar-refractivity contribution in [2.45, 2.75) is 76.1 Å². The molecule has 0 bridgehead atoms. The molecule has 4 atom stereocenters. The van der Waals surface area contributed by atoms with Gasteiger partial charge >= 0.3 is 0 Å². The number of aryl methyl sites for hydroxylation is 1. The lowest BCUT2D eigenvalue weighted by Crippen LogP contribution is -2.59. The predicted molar refractivity (Wildman–Crippen MR) is 166 cm³/mol. The van der Waals surface area contributed by atoms with Crippen molar-refractivity contribution in [3.8, 4) is 5.75 Å². The van der Waals surface area contributed by atoms with Crippen LogP contribution < -0.4 is 20.7 Å². The maximum absolute atomic E-state index is 14.0. The van der Waals surface area contributed by atoms with Gasteiger partial charge < -0.3 is 34.7 Å². The van der Waals surface area contributed by atoms with Gasteiger partial charge in [-0.05, 0) is 43.9 Å². The van der Waals surface area contributed by atoms with Gasteiger partial charge in [-0.1, -0.05) is 43.0 Å². The molecule has 13 nitrogen and oxygen atoms in total. The number of epoxide rings is 1. The molecule has 0 radical (unpaired) electrons. The third kappa shape index (κ3) is 8.92. The minimum absolute atomic E-state index is 0.0196. The molecule has 46 heavy (non-hydrogen) atoms. The molecule has 1 aromatic carbocycles. The number of morpholine rings is 1. The highest BCUT2D eigenvalue weighted by molar-refractivity contribution is 5.99. The van der Waals surface area contributed by atoms with Crippen LogP contribution in [0.4, 0.5) is 0 Å². The number of methoxy groups -OCH3 is 1. The molecule has 13 heteroatoms. The van der Waals surface area contributed by atoms with Gasteiger partial charge in [0, 0.05) is 32.1 Å². The fourth-order valence-corrected chi connectivity index (χ4v) is 6.12. The molecule has 3 heterocycles. The average molecular weight is 640 g/mol. The van der Waals surface area contributed by atoms with Crippen LogP contribution in [0, 0.1) is 12.8 Å². The number of benzene rings is 1. The van der Waals surface area contributed by atoms with E-state index in [2.05, 4.69) is 21.1 Å². The van der Waals surface area contributed by atoms with Crippen LogP contribution in [0.2, 0.25) is 0 Å². The Morgan fingerprint density at radius 1 is 1.00 bits per heavy atom. The third-order valence-electron chi connectivity index (χ3n) is 9.03. The van der Waals surface area contributed by atoms with E-state index in [0.717, 1.165) is 31.2 Å². The van der Waals surface area contributed by atoms with Crippen LogP contribution in [0.15, 0.2) is 34.9 Å². The molecule has 1 aliphatic carbocycles. The number of Topliss-reactive ketones (excluding diaryl/α,β-unsaturated/α-hetero) is 1. The largest absolute Gasteiger partial charge is 0.497 e. The van der Waals surface area contributed by atoms with E-state index in [4.69, 9.17) is 18.7 Å². The molecule has 250 valence electrons. The number of ketones is 1. The minimum Gasteiger partial charge on any atom is -0.497 e. The number of amides is 3. The van der Waals surface area contributed by atoms with E-state index in [1.165, 1.54) is 6.07 Å². The SMILES string of the molecule is COc1ccc(CC(NC(=O)C(CN2CCOCC2)NC(=O)c2cc(C)no2)C(=O)NC(CC2CCCC2)C(=O)C2(C)CO2)cc1. The van der Waals surface area contributed by atoms with Crippen LogP contribution in [-0.2, 0) is 30.3 Å². The minimum atomic E-state index is -1.04. The lowest BCUT2D eigenvalue weighted by Gasteiger charge is -2.31. The van der Waals surface area contributed by atoms with Gasteiger partial charge in [-0.25, -0.2) is 0 Å². The number of carbonyl (C=O) groups excluding carboxylic acids is 4. The highest BCUT2D eigenvalue weighted by atomic mass is 16.6. The summed E-state index contributed by atoms with van der Waals surface area (Å²) in [5.74, 6) is -0.794. The van der Waals surface area contributed by atoms with Gasteiger partial charge in [0.1, 0.15) is 23.4 Å². The van der Waals surface area contributed by atoms with E-state index in [-0.39, 0.29) is 24.5 Å². The van der Waals surface area contributed by atoms with Gasteiger partial charge in [0.25, 0.3) is 5.91 Å². The molecule has 3 N–H and O–H groups in total. The normalized spacial score (nSPS) is 22.0. The summed E-state index contributed by atoms with van der Waals surface area (Å²) in [5.41, 5.74) is 0.406. The highest BCUT2D eigenvalue weighted by Gasteiger charge is 2.50. The fraction of sp³-hybridized carbons (Fsp3) is 0.606. The first-order valence-electron chi connectivity index (χ1n) is 16.1. The lowest BCUT2D eigenvalue weighted by molar-refractivity contribution is -0.133. The van der Waals surface area contributed by atoms with E-state index >= 15 is 0 Å². The van der Waals surface area contributed by atoms with E-state index in [9.17, 15) is 19.2 Å². The lowest BCUT2D eigenvalue weighted by atomic mass is 9.90. The number of carbonyl (C=O) groups is 4. The topological polar surface area (TPSA) is 165 Å². The van der Waals surface area contributed by atoms with Crippen molar-refractivity contribution >= 4 is 23.5 Å². The molecule has 2 aromatic rings. The number of ether oxygens (including phenoxy) is 3. The highest BCUT2D eigenvalue weighted by Crippen LogP contribution is 2.33. The van der Waals surface area contributed by atoms with Gasteiger partial charge in [-0.2, -0.15) is 0 Å². The molecular weight excluding hydrogens is 594 g/mol. The summed E-state index contributed by atoms with van der Waals surface area (Å²) in [5, 5.41) is 12.4. The Bertz CT molecular complexity index is 1360. The monoisotopic (exact) mass is 639 g/mol. The van der Waals surface area contributed by atoms with Crippen LogP contribution in [0.3, 0.4) is 0 Å². The summed E-state index contributed by atoms with van der Waals surface area (Å²) < 4.78 is 21.3. The van der Waals surface area contributed by atoms with Crippen LogP contribution >= 0.6 is 0 Å². The van der Waals surface area contributed by atoms with Gasteiger partial charge in [-0.15, -0.1) is 0 Å². The molecule has 4 unspecified atom stereocenters. The summed E-state index contributed by atoms with van der Waals surface area (Å²) >= 11 is 0. The molecule has 3 fully saturated rings. The molecule has 0 spiro atoms. The predicted octanol–water partition coefficient (Wildman–Crippen LogP) is 1.57. The molecule has 5 rings (SSSR count). The fourth-order valence-electron chi connectivity index (χ4n) is 6.12. The van der Waals surface area contributed by atoms with Crippen molar-refractivity contribution in [1.29, 1.82) is 0 Å². The Balaban J connectivity index is 1.36. The first-order chi connectivity index (χ1) is 22.1. The summed E-state index contributed by atoms with van der Waals surface area (Å²) in [6.07, 6.45) is 4.91. The number of aromatic nitrogens is 1. The summed E-state index contributed by atoms with van der Waals surface area (Å²) in [6.45, 7) is 6.14. The smallest absolute Gasteiger partial charge is 0.290 e. The zero-order chi connectivity index (χ0) is 32.7. The van der Waals surface area contributed by atoms with Crippen molar-refractivity contribution in [3.05, 3.63) is 47.3 Å². The average Bonchev–Trinajstić information content (AvgIpc) is 3.38. The van der Waals surface area contributed by atoms with Crippen molar-refractivity contribution in [1.82, 2.24) is 26.0 Å². The number of nitrogens with one attached hydrogen (secondary N) is 3. The van der Waals surface area contributed by atoms with Gasteiger partial charge in [0.15, 0.2) is 5.78 Å². The van der Waals surface area contributed by atoms with Crippen molar-refractivity contribution in [2.75, 3.05) is 46.6 Å². The maximum atomic E-state index is 14.0. The van der Waals surface area contributed by atoms with Crippen LogP contribution in [0.5, 0.6) is 5.75 Å². The summed E-state index contributed by atoms with van der Waals surface area (Å²) in [6, 6.07) is 5.91. The molecule has 3 aliphatic rings. The van der Waals surface area contributed by atoms with Crippen LogP contribution in [0.1, 0.15) is 60.8 Å². The maximum Gasteiger partial charge on any atom is 0.290 e. The summed E-state index contributed by atoms with van der Waals surface area (Å²) in [4.78, 5) is 56.5. The van der Waals surface area contributed by atoms with E-state index in [1.807, 2.05) is 17.0 Å². The standard InChI is InChI=1S/C33H45N5O8/c1-21-16-28(46-37-21)32(42)36-27(19-38-12-14-44-15-13-38)31(41)35-26(18-23-8-10-24(43-3)11-9-23)30(40)34-25(17-22-6-4-5-7-22)29(39)33(2)20-45-33/h8-11,16,22,25-27H,4-7,12-15,17-20H2,1-3H3,(H,34,40)(H,35,41)(H,36,42). The molecule has 1 aromatic heterocycles. The number of hydrogen-bond donors (Lipinski definition) is 3. The second kappa shape index (κ2) is 15.2. The molecule has 2 saturated heterocycles. The zero-order valence-corrected chi connectivity index (χ0v) is 26.8. The van der Waals surface area contributed by atoms with Gasteiger partial charge in [-0.3, -0.25) is 24.1 Å². The van der Waals surface area contributed by atoms with Crippen molar-refractivity contribution < 1.29 is 37.9 Å².